The Morgan fingerprint density at radius 2 is 2.19 bits per heavy atom. The number of hydrogen-bond acceptors (Lipinski definition) is 7. The number of benzene rings is 1. The molecule has 0 aliphatic heterocycles. The van der Waals surface area contributed by atoms with Gasteiger partial charge in [0.1, 0.15) is 0 Å². The number of nitro groups is 1. The smallest absolute Gasteiger partial charge is 0.269 e. The van der Waals surface area contributed by atoms with E-state index in [1.165, 1.54) is 16.8 Å². The van der Waals surface area contributed by atoms with E-state index in [0.29, 0.717) is 16.7 Å². The first-order chi connectivity index (χ1) is 10.0. The zero-order valence-electron chi connectivity index (χ0n) is 10.5. The number of rotatable bonds is 3. The van der Waals surface area contributed by atoms with Crippen molar-refractivity contribution >= 4 is 34.4 Å². The van der Waals surface area contributed by atoms with Crippen molar-refractivity contribution < 1.29 is 4.92 Å². The Hall–Kier alpha value is -2.81. The summed E-state index contributed by atoms with van der Waals surface area (Å²) < 4.78 is 1.46. The topological polar surface area (TPSA) is 126 Å². The maximum atomic E-state index is 10.8. The number of nitrogen functional groups attached to an aromatic ring is 1. The number of nitrogens with zero attached hydrogens (tertiary/aromatic N) is 6. The first kappa shape index (κ1) is 13.2. The molecule has 0 unspecified atom stereocenters. The third-order valence-electron chi connectivity index (χ3n) is 2.79. The quantitative estimate of drug-likeness (QED) is 0.440. The van der Waals surface area contributed by atoms with Gasteiger partial charge in [0.05, 0.1) is 11.5 Å². The zero-order chi connectivity index (χ0) is 15.0. The molecule has 0 fully saturated rings. The van der Waals surface area contributed by atoms with E-state index < -0.39 is 4.92 Å². The van der Waals surface area contributed by atoms with E-state index in [4.69, 9.17) is 17.3 Å². The van der Waals surface area contributed by atoms with E-state index in [1.54, 1.807) is 12.1 Å². The summed E-state index contributed by atoms with van der Waals surface area (Å²) in [7, 11) is 0. The Morgan fingerprint density at radius 3 is 2.95 bits per heavy atom. The Labute approximate surface area is 122 Å². The fourth-order valence-electron chi connectivity index (χ4n) is 1.89. The molecule has 0 saturated heterocycles. The lowest BCUT2D eigenvalue weighted by Crippen LogP contribution is -2.05. The number of fused-ring (bicyclic) bond motifs is 1. The molecule has 3 rings (SSSR count). The van der Waals surface area contributed by atoms with E-state index >= 15 is 0 Å². The molecular weight excluding hydrogens is 298 g/mol. The molecule has 2 aromatic heterocycles. The number of nitro benzene ring substituents is 1. The van der Waals surface area contributed by atoms with Crippen LogP contribution in [0.5, 0.6) is 0 Å². The van der Waals surface area contributed by atoms with Crippen molar-refractivity contribution in [2.24, 2.45) is 0 Å². The molecule has 106 valence electrons. The molecule has 0 radical (unpaired) electrons. The monoisotopic (exact) mass is 305 g/mol. The Balaban J connectivity index is 2.02. The molecule has 0 bridgehead atoms. The van der Waals surface area contributed by atoms with Crippen LogP contribution in [0.2, 0.25) is 5.15 Å². The molecule has 0 atom stereocenters. The highest BCUT2D eigenvalue weighted by molar-refractivity contribution is 6.33. The Kier molecular flexibility index (Phi) is 3.10. The minimum atomic E-state index is -0.458. The van der Waals surface area contributed by atoms with Crippen LogP contribution >= 0.6 is 11.6 Å². The van der Waals surface area contributed by atoms with Gasteiger partial charge in [-0.15, -0.1) is 5.10 Å². The van der Waals surface area contributed by atoms with E-state index in [-0.39, 0.29) is 23.3 Å². The van der Waals surface area contributed by atoms with Gasteiger partial charge in [-0.3, -0.25) is 10.1 Å². The van der Waals surface area contributed by atoms with Crippen LogP contribution in [0, 0.1) is 10.1 Å². The molecule has 21 heavy (non-hydrogen) atoms. The van der Waals surface area contributed by atoms with E-state index in [9.17, 15) is 10.1 Å². The molecule has 2 heterocycles. The molecule has 3 aromatic rings. The molecule has 10 heteroatoms. The van der Waals surface area contributed by atoms with Gasteiger partial charge in [0.15, 0.2) is 16.3 Å². The van der Waals surface area contributed by atoms with Gasteiger partial charge < -0.3 is 5.73 Å². The minimum absolute atomic E-state index is 0.00379. The van der Waals surface area contributed by atoms with Crippen molar-refractivity contribution in [2.45, 2.75) is 6.54 Å². The summed E-state index contributed by atoms with van der Waals surface area (Å²) in [5.74, 6) is 0.00934. The number of aromatic nitrogens is 5. The fourth-order valence-corrected chi connectivity index (χ4v) is 2.10. The van der Waals surface area contributed by atoms with Crippen molar-refractivity contribution in [2.75, 3.05) is 5.73 Å². The zero-order valence-corrected chi connectivity index (χ0v) is 11.2. The first-order valence-corrected chi connectivity index (χ1v) is 6.18. The normalized spacial score (nSPS) is 10.9. The van der Waals surface area contributed by atoms with Crippen molar-refractivity contribution in [3.05, 3.63) is 45.1 Å². The first-order valence-electron chi connectivity index (χ1n) is 5.80. The summed E-state index contributed by atoms with van der Waals surface area (Å²) in [6, 6.07) is 6.22. The number of hydrogen-bond donors (Lipinski definition) is 1. The van der Waals surface area contributed by atoms with Crippen molar-refractivity contribution in [3.8, 4) is 0 Å². The van der Waals surface area contributed by atoms with Crippen LogP contribution in [0.25, 0.3) is 11.2 Å². The van der Waals surface area contributed by atoms with Gasteiger partial charge in [-0.25, -0.2) is 4.68 Å². The Morgan fingerprint density at radius 1 is 1.38 bits per heavy atom. The number of halogens is 1. The second kappa shape index (κ2) is 4.94. The van der Waals surface area contributed by atoms with Gasteiger partial charge in [-0.05, 0) is 5.56 Å². The predicted molar refractivity (Wildman–Crippen MR) is 74.7 cm³/mol. The van der Waals surface area contributed by atoms with Crippen LogP contribution in [-0.2, 0) is 6.54 Å². The van der Waals surface area contributed by atoms with Crippen molar-refractivity contribution in [3.63, 3.8) is 0 Å². The fraction of sp³-hybridized carbons (Fsp3) is 0.0909. The van der Waals surface area contributed by atoms with Gasteiger partial charge in [0, 0.05) is 12.1 Å². The van der Waals surface area contributed by atoms with Crippen LogP contribution < -0.4 is 5.73 Å². The average molecular weight is 306 g/mol. The van der Waals surface area contributed by atoms with Crippen LogP contribution in [0.3, 0.4) is 0 Å². The lowest BCUT2D eigenvalue weighted by atomic mass is 10.2. The Bertz CT molecular complexity index is 848. The maximum Gasteiger partial charge on any atom is 0.269 e. The number of non-ortho nitro benzene ring substituents is 1. The third kappa shape index (κ3) is 2.46. The second-order valence-electron chi connectivity index (χ2n) is 4.22. The van der Waals surface area contributed by atoms with E-state index in [1.807, 2.05) is 0 Å². The number of anilines is 1. The van der Waals surface area contributed by atoms with Crippen molar-refractivity contribution in [1.29, 1.82) is 0 Å². The second-order valence-corrected chi connectivity index (χ2v) is 4.58. The summed E-state index contributed by atoms with van der Waals surface area (Å²) in [6.07, 6.45) is 0. The van der Waals surface area contributed by atoms with Gasteiger partial charge in [-0.2, -0.15) is 9.97 Å². The largest absolute Gasteiger partial charge is 0.368 e. The van der Waals surface area contributed by atoms with Crippen LogP contribution in [0.4, 0.5) is 11.6 Å². The highest BCUT2D eigenvalue weighted by atomic mass is 35.5. The minimum Gasteiger partial charge on any atom is -0.368 e. The summed E-state index contributed by atoms with van der Waals surface area (Å²) in [5.41, 5.74) is 6.94. The molecule has 0 saturated carbocycles. The summed E-state index contributed by atoms with van der Waals surface area (Å²) in [6.45, 7) is 0.255. The van der Waals surface area contributed by atoms with Crippen LogP contribution in [0.15, 0.2) is 24.3 Å². The van der Waals surface area contributed by atoms with E-state index in [2.05, 4.69) is 20.3 Å². The summed E-state index contributed by atoms with van der Waals surface area (Å²) in [5, 5.41) is 18.7. The van der Waals surface area contributed by atoms with Gasteiger partial charge in [0.25, 0.3) is 5.69 Å². The maximum absolute atomic E-state index is 10.8. The molecule has 1 aromatic carbocycles. The van der Waals surface area contributed by atoms with Crippen molar-refractivity contribution in [1.82, 2.24) is 25.0 Å². The summed E-state index contributed by atoms with van der Waals surface area (Å²) in [4.78, 5) is 18.1. The standard InChI is InChI=1S/C11H8ClN7O2/c12-9-8-10(15-11(13)14-9)18(17-16-8)5-6-2-1-3-7(4-6)19(20)21/h1-4H,5H2,(H2,13,14,15). The van der Waals surface area contributed by atoms with Crippen LogP contribution in [0.1, 0.15) is 5.56 Å². The molecule has 0 aliphatic rings. The third-order valence-corrected chi connectivity index (χ3v) is 3.05. The molecule has 9 nitrogen and oxygen atoms in total. The molecule has 0 amide bonds. The number of nitrogens with two attached hydrogens (primary N) is 1. The van der Waals surface area contributed by atoms with Gasteiger partial charge in [0.2, 0.25) is 5.95 Å². The SMILES string of the molecule is Nc1nc(Cl)c2nnn(Cc3cccc([N+](=O)[O-])c3)c2n1. The average Bonchev–Trinajstić information content (AvgIpc) is 2.82. The highest BCUT2D eigenvalue weighted by Crippen LogP contribution is 2.20. The molecular formula is C11H8ClN7O2. The predicted octanol–water partition coefficient (Wildman–Crippen LogP) is 1.41. The van der Waals surface area contributed by atoms with Gasteiger partial charge >= 0.3 is 0 Å². The van der Waals surface area contributed by atoms with Crippen LogP contribution in [-0.4, -0.2) is 29.9 Å². The molecule has 2 N–H and O–H groups in total. The van der Waals surface area contributed by atoms with E-state index in [0.717, 1.165) is 0 Å². The molecule has 0 spiro atoms. The molecule has 0 aliphatic carbocycles. The lowest BCUT2D eigenvalue weighted by Gasteiger charge is -2.02. The summed E-state index contributed by atoms with van der Waals surface area (Å²) >= 11 is 5.91. The van der Waals surface area contributed by atoms with Gasteiger partial charge in [-0.1, -0.05) is 28.9 Å². The lowest BCUT2D eigenvalue weighted by molar-refractivity contribution is -0.384. The highest BCUT2D eigenvalue weighted by Gasteiger charge is 2.13.